The molecule has 0 unspecified atom stereocenters. The molecule has 0 atom stereocenters. The molecule has 3 aromatic rings. The van der Waals surface area contributed by atoms with Crippen molar-refractivity contribution in [3.63, 3.8) is 0 Å². The molecule has 3 nitrogen and oxygen atoms in total. The lowest BCUT2D eigenvalue weighted by Gasteiger charge is -2.06. The van der Waals surface area contributed by atoms with Crippen LogP contribution in [0.2, 0.25) is 0 Å². The third kappa shape index (κ3) is 1.83. The second kappa shape index (κ2) is 4.70. The standard InChI is InChI=1S/C15H15NO2/c1-16-9-10-17-13-7-4-8-14-15(13)11-5-2-3-6-12(11)18-14/h2-8,16H,9-10H2,1H3. The molecule has 1 aromatic heterocycles. The quantitative estimate of drug-likeness (QED) is 0.712. The van der Waals surface area contributed by atoms with Gasteiger partial charge in [-0.1, -0.05) is 24.3 Å². The van der Waals surface area contributed by atoms with Gasteiger partial charge in [-0.05, 0) is 25.2 Å². The normalized spacial score (nSPS) is 11.2. The first kappa shape index (κ1) is 11.1. The van der Waals surface area contributed by atoms with Gasteiger partial charge in [0, 0.05) is 11.9 Å². The Hall–Kier alpha value is -2.00. The molecular weight excluding hydrogens is 226 g/mol. The van der Waals surface area contributed by atoms with Gasteiger partial charge in [0.25, 0.3) is 0 Å². The molecule has 0 saturated carbocycles. The van der Waals surface area contributed by atoms with Gasteiger partial charge < -0.3 is 14.5 Å². The number of hydrogen-bond acceptors (Lipinski definition) is 3. The Balaban J connectivity index is 2.13. The molecule has 3 heteroatoms. The summed E-state index contributed by atoms with van der Waals surface area (Å²) in [5, 5.41) is 5.23. The average molecular weight is 241 g/mol. The molecule has 18 heavy (non-hydrogen) atoms. The van der Waals surface area contributed by atoms with Gasteiger partial charge in [-0.15, -0.1) is 0 Å². The van der Waals surface area contributed by atoms with Crippen molar-refractivity contribution in [3.8, 4) is 5.75 Å². The number of rotatable bonds is 4. The van der Waals surface area contributed by atoms with Crippen LogP contribution in [0.5, 0.6) is 5.75 Å². The number of likely N-dealkylation sites (N-methyl/N-ethyl adjacent to an activating group) is 1. The van der Waals surface area contributed by atoms with Crippen molar-refractivity contribution < 1.29 is 9.15 Å². The summed E-state index contributed by atoms with van der Waals surface area (Å²) in [6, 6.07) is 14.0. The number of furan rings is 1. The first-order valence-corrected chi connectivity index (χ1v) is 6.08. The van der Waals surface area contributed by atoms with Gasteiger partial charge in [0.1, 0.15) is 23.5 Å². The van der Waals surface area contributed by atoms with Crippen molar-refractivity contribution in [2.45, 2.75) is 0 Å². The molecule has 0 saturated heterocycles. The number of nitrogens with one attached hydrogen (secondary N) is 1. The minimum absolute atomic E-state index is 0.648. The number of fused-ring (bicyclic) bond motifs is 3. The van der Waals surface area contributed by atoms with Crippen LogP contribution in [0.1, 0.15) is 0 Å². The lowest BCUT2D eigenvalue weighted by atomic mass is 10.1. The van der Waals surface area contributed by atoms with E-state index in [0.717, 1.165) is 34.2 Å². The third-order valence-corrected chi connectivity index (χ3v) is 2.97. The molecule has 1 N–H and O–H groups in total. The fraction of sp³-hybridized carbons (Fsp3) is 0.200. The van der Waals surface area contributed by atoms with Crippen LogP contribution in [0.3, 0.4) is 0 Å². The summed E-state index contributed by atoms with van der Waals surface area (Å²) in [5.41, 5.74) is 1.77. The molecule has 0 aliphatic rings. The minimum atomic E-state index is 0.648. The Bertz CT molecular complexity index is 672. The highest BCUT2D eigenvalue weighted by Gasteiger charge is 2.10. The van der Waals surface area contributed by atoms with Crippen molar-refractivity contribution in [3.05, 3.63) is 42.5 Å². The summed E-state index contributed by atoms with van der Waals surface area (Å²) in [7, 11) is 1.91. The topological polar surface area (TPSA) is 34.4 Å². The Morgan fingerprint density at radius 2 is 1.89 bits per heavy atom. The van der Waals surface area contributed by atoms with Crippen LogP contribution in [0.25, 0.3) is 21.9 Å². The molecular formula is C15H15NO2. The highest BCUT2D eigenvalue weighted by atomic mass is 16.5. The lowest BCUT2D eigenvalue weighted by molar-refractivity contribution is 0.322. The van der Waals surface area contributed by atoms with Crippen LogP contribution < -0.4 is 10.1 Å². The summed E-state index contributed by atoms with van der Waals surface area (Å²) in [4.78, 5) is 0. The maximum Gasteiger partial charge on any atom is 0.139 e. The van der Waals surface area contributed by atoms with Crippen molar-refractivity contribution in [2.24, 2.45) is 0 Å². The van der Waals surface area contributed by atoms with E-state index in [1.54, 1.807) is 0 Å². The fourth-order valence-corrected chi connectivity index (χ4v) is 2.13. The average Bonchev–Trinajstić information content (AvgIpc) is 2.78. The Kier molecular flexibility index (Phi) is 2.90. The summed E-state index contributed by atoms with van der Waals surface area (Å²) < 4.78 is 11.6. The third-order valence-electron chi connectivity index (χ3n) is 2.97. The molecule has 92 valence electrons. The minimum Gasteiger partial charge on any atom is -0.491 e. The molecule has 1 heterocycles. The van der Waals surface area contributed by atoms with Gasteiger partial charge in [-0.2, -0.15) is 0 Å². The van der Waals surface area contributed by atoms with E-state index in [1.807, 2.05) is 43.4 Å². The zero-order valence-corrected chi connectivity index (χ0v) is 10.3. The van der Waals surface area contributed by atoms with Crippen molar-refractivity contribution >= 4 is 21.9 Å². The number of ether oxygens (including phenoxy) is 1. The molecule has 0 bridgehead atoms. The summed E-state index contributed by atoms with van der Waals surface area (Å²) >= 11 is 0. The molecule has 0 aliphatic heterocycles. The van der Waals surface area contributed by atoms with E-state index >= 15 is 0 Å². The fourth-order valence-electron chi connectivity index (χ4n) is 2.13. The first-order chi connectivity index (χ1) is 8.90. The lowest BCUT2D eigenvalue weighted by Crippen LogP contribution is -2.15. The number of hydrogen-bond donors (Lipinski definition) is 1. The van der Waals surface area contributed by atoms with Gasteiger partial charge in [-0.25, -0.2) is 0 Å². The second-order valence-electron chi connectivity index (χ2n) is 4.18. The highest BCUT2D eigenvalue weighted by molar-refractivity contribution is 6.08. The van der Waals surface area contributed by atoms with Crippen molar-refractivity contribution in [1.82, 2.24) is 5.32 Å². The molecule has 0 radical (unpaired) electrons. The van der Waals surface area contributed by atoms with E-state index in [1.165, 1.54) is 0 Å². The monoisotopic (exact) mass is 241 g/mol. The van der Waals surface area contributed by atoms with E-state index in [2.05, 4.69) is 11.4 Å². The predicted molar refractivity (Wildman–Crippen MR) is 73.1 cm³/mol. The number of benzene rings is 2. The summed E-state index contributed by atoms with van der Waals surface area (Å²) in [6.07, 6.45) is 0. The Labute approximate surface area is 105 Å². The SMILES string of the molecule is CNCCOc1cccc2oc3ccccc3c12. The maximum absolute atomic E-state index is 5.80. The van der Waals surface area contributed by atoms with Crippen LogP contribution in [0.4, 0.5) is 0 Å². The van der Waals surface area contributed by atoms with E-state index in [0.29, 0.717) is 6.61 Å². The highest BCUT2D eigenvalue weighted by Crippen LogP contribution is 2.35. The smallest absolute Gasteiger partial charge is 0.139 e. The van der Waals surface area contributed by atoms with Crippen LogP contribution >= 0.6 is 0 Å². The zero-order chi connectivity index (χ0) is 12.4. The van der Waals surface area contributed by atoms with Gasteiger partial charge in [-0.3, -0.25) is 0 Å². The zero-order valence-electron chi connectivity index (χ0n) is 10.3. The van der Waals surface area contributed by atoms with Crippen LogP contribution in [-0.2, 0) is 0 Å². The van der Waals surface area contributed by atoms with Gasteiger partial charge in [0.2, 0.25) is 0 Å². The number of para-hydroxylation sites is 1. The van der Waals surface area contributed by atoms with E-state index < -0.39 is 0 Å². The second-order valence-corrected chi connectivity index (χ2v) is 4.18. The molecule has 0 amide bonds. The van der Waals surface area contributed by atoms with Crippen LogP contribution in [0, 0.1) is 0 Å². The van der Waals surface area contributed by atoms with E-state index in [9.17, 15) is 0 Å². The predicted octanol–water partition coefficient (Wildman–Crippen LogP) is 3.18. The maximum atomic E-state index is 5.80. The molecule has 0 fully saturated rings. The Morgan fingerprint density at radius 1 is 1.06 bits per heavy atom. The van der Waals surface area contributed by atoms with Crippen LogP contribution in [0.15, 0.2) is 46.9 Å². The first-order valence-electron chi connectivity index (χ1n) is 6.08. The molecule has 0 aliphatic carbocycles. The van der Waals surface area contributed by atoms with Crippen molar-refractivity contribution in [1.29, 1.82) is 0 Å². The Morgan fingerprint density at radius 3 is 2.78 bits per heavy atom. The molecule has 0 spiro atoms. The summed E-state index contributed by atoms with van der Waals surface area (Å²) in [5.74, 6) is 0.882. The van der Waals surface area contributed by atoms with Gasteiger partial charge >= 0.3 is 0 Å². The van der Waals surface area contributed by atoms with Gasteiger partial charge in [0.15, 0.2) is 0 Å². The van der Waals surface area contributed by atoms with E-state index in [4.69, 9.17) is 9.15 Å². The van der Waals surface area contributed by atoms with Gasteiger partial charge in [0.05, 0.1) is 5.39 Å². The largest absolute Gasteiger partial charge is 0.491 e. The molecule has 3 rings (SSSR count). The van der Waals surface area contributed by atoms with E-state index in [-0.39, 0.29) is 0 Å². The molecule has 2 aromatic carbocycles. The van der Waals surface area contributed by atoms with Crippen molar-refractivity contribution in [2.75, 3.05) is 20.2 Å². The summed E-state index contributed by atoms with van der Waals surface area (Å²) in [6.45, 7) is 1.47. The van der Waals surface area contributed by atoms with Crippen LogP contribution in [-0.4, -0.2) is 20.2 Å².